The number of ether oxygens (including phenoxy) is 1. The van der Waals surface area contributed by atoms with E-state index in [-0.39, 0.29) is 18.1 Å². The molecule has 2 N–H and O–H groups in total. The summed E-state index contributed by atoms with van der Waals surface area (Å²) in [7, 11) is 1.79. The van der Waals surface area contributed by atoms with Crippen LogP contribution in [0.5, 0.6) is 0 Å². The first-order chi connectivity index (χ1) is 11.6. The number of carbonyl (C=O) groups is 1. The molecule has 0 aromatic carbocycles. The number of nitrogens with one attached hydrogen (secondary N) is 2. The Labute approximate surface area is 140 Å². The van der Waals surface area contributed by atoms with E-state index in [0.717, 1.165) is 11.3 Å². The van der Waals surface area contributed by atoms with E-state index in [9.17, 15) is 4.79 Å². The van der Waals surface area contributed by atoms with E-state index in [1.807, 2.05) is 19.9 Å². The molecule has 1 aliphatic heterocycles. The average Bonchev–Trinajstić information content (AvgIpc) is 2.89. The number of aromatic nitrogens is 4. The van der Waals surface area contributed by atoms with Gasteiger partial charge in [0.25, 0.3) is 5.91 Å². The fourth-order valence-electron chi connectivity index (χ4n) is 3.00. The lowest BCUT2D eigenvalue weighted by molar-refractivity contribution is -0.00709. The van der Waals surface area contributed by atoms with Crippen molar-refractivity contribution in [3.05, 3.63) is 35.3 Å². The van der Waals surface area contributed by atoms with Crippen molar-refractivity contribution in [2.45, 2.75) is 32.5 Å². The first-order valence-corrected chi connectivity index (χ1v) is 8.07. The Morgan fingerprint density at radius 3 is 3.00 bits per heavy atom. The molecule has 0 radical (unpaired) electrons. The zero-order chi connectivity index (χ0) is 17.1. The van der Waals surface area contributed by atoms with E-state index in [4.69, 9.17) is 4.74 Å². The summed E-state index contributed by atoms with van der Waals surface area (Å²) in [5.41, 5.74) is 2.47. The number of carbonyl (C=O) groups excluding carboxylic acids is 1. The molecule has 0 bridgehead atoms. The zero-order valence-corrected chi connectivity index (χ0v) is 14.1. The van der Waals surface area contributed by atoms with Crippen molar-refractivity contribution in [1.29, 1.82) is 0 Å². The summed E-state index contributed by atoms with van der Waals surface area (Å²) in [6, 6.07) is 3.63. The third-order valence-electron chi connectivity index (χ3n) is 3.99. The summed E-state index contributed by atoms with van der Waals surface area (Å²) in [6.07, 6.45) is 2.31. The minimum absolute atomic E-state index is 0.0848. The molecular weight excluding hydrogens is 308 g/mol. The molecule has 8 nitrogen and oxygen atoms in total. The van der Waals surface area contributed by atoms with Crippen molar-refractivity contribution in [2.24, 2.45) is 7.05 Å². The van der Waals surface area contributed by atoms with E-state index in [1.54, 1.807) is 24.0 Å². The lowest BCUT2D eigenvalue weighted by atomic mass is 9.99. The van der Waals surface area contributed by atoms with Crippen LogP contribution in [0.4, 0.5) is 5.82 Å². The third-order valence-corrected chi connectivity index (χ3v) is 3.99. The van der Waals surface area contributed by atoms with Crippen molar-refractivity contribution in [3.8, 4) is 0 Å². The quantitative estimate of drug-likeness (QED) is 0.797. The summed E-state index contributed by atoms with van der Waals surface area (Å²) in [5, 5.41) is 18.2. The number of hydrogen-bond acceptors (Lipinski definition) is 6. The molecule has 1 aliphatic rings. The molecule has 8 heteroatoms. The molecule has 0 spiro atoms. The van der Waals surface area contributed by atoms with E-state index < -0.39 is 0 Å². The van der Waals surface area contributed by atoms with Gasteiger partial charge in [-0.05, 0) is 26.0 Å². The fourth-order valence-corrected chi connectivity index (χ4v) is 3.00. The number of aryl methyl sites for hydroxylation is 1. The van der Waals surface area contributed by atoms with Crippen LogP contribution < -0.4 is 10.6 Å². The Hall–Kier alpha value is -2.48. The van der Waals surface area contributed by atoms with Crippen LogP contribution >= 0.6 is 0 Å². The van der Waals surface area contributed by atoms with Crippen molar-refractivity contribution < 1.29 is 9.53 Å². The second-order valence-electron chi connectivity index (χ2n) is 5.92. The van der Waals surface area contributed by atoms with Crippen molar-refractivity contribution >= 4 is 11.7 Å². The van der Waals surface area contributed by atoms with Crippen LogP contribution in [-0.2, 0) is 18.2 Å². The largest absolute Gasteiger partial charge is 0.369 e. The lowest BCUT2D eigenvalue weighted by Crippen LogP contribution is -2.32. The third kappa shape index (κ3) is 3.38. The van der Waals surface area contributed by atoms with Crippen LogP contribution in [0.15, 0.2) is 18.3 Å². The van der Waals surface area contributed by atoms with Gasteiger partial charge >= 0.3 is 0 Å². The standard InChI is InChI=1S/C16H22N6O2/c1-10-9-12-14(11(2)24-10)21-22(3)15(12)16(23)18-8-7-17-13-5-4-6-19-20-13/h4-6,10-11H,7-9H2,1-3H3,(H,17,20)(H,18,23)/t10-,11+/m1/s1. The van der Waals surface area contributed by atoms with Crippen LogP contribution in [0.3, 0.4) is 0 Å². The Bertz CT molecular complexity index is 715. The summed E-state index contributed by atoms with van der Waals surface area (Å²) >= 11 is 0. The average molecular weight is 330 g/mol. The van der Waals surface area contributed by atoms with Gasteiger partial charge in [0.2, 0.25) is 0 Å². The number of hydrogen-bond donors (Lipinski definition) is 2. The molecular formula is C16H22N6O2. The van der Waals surface area contributed by atoms with Gasteiger partial charge in [0, 0.05) is 38.3 Å². The van der Waals surface area contributed by atoms with Crippen LogP contribution in [0.1, 0.15) is 41.7 Å². The number of amides is 1. The predicted molar refractivity (Wildman–Crippen MR) is 88.7 cm³/mol. The number of rotatable bonds is 5. The number of anilines is 1. The molecule has 2 aromatic heterocycles. The van der Waals surface area contributed by atoms with E-state index in [0.29, 0.717) is 31.0 Å². The molecule has 0 unspecified atom stereocenters. The molecule has 2 aromatic rings. The fraction of sp³-hybridized carbons (Fsp3) is 0.500. The smallest absolute Gasteiger partial charge is 0.269 e. The maximum atomic E-state index is 12.6. The minimum atomic E-state index is -0.117. The summed E-state index contributed by atoms with van der Waals surface area (Å²) in [5.74, 6) is 0.568. The molecule has 0 saturated carbocycles. The second-order valence-corrected chi connectivity index (χ2v) is 5.92. The topological polar surface area (TPSA) is 94.0 Å². The summed E-state index contributed by atoms with van der Waals surface area (Å²) < 4.78 is 7.42. The monoisotopic (exact) mass is 330 g/mol. The molecule has 24 heavy (non-hydrogen) atoms. The van der Waals surface area contributed by atoms with Crippen molar-refractivity contribution in [1.82, 2.24) is 25.3 Å². The molecule has 3 rings (SSSR count). The molecule has 3 heterocycles. The van der Waals surface area contributed by atoms with Crippen molar-refractivity contribution in [2.75, 3.05) is 18.4 Å². The number of fused-ring (bicyclic) bond motifs is 1. The van der Waals surface area contributed by atoms with Gasteiger partial charge in [-0.1, -0.05) is 0 Å². The molecule has 2 atom stereocenters. The molecule has 0 fully saturated rings. The lowest BCUT2D eigenvalue weighted by Gasteiger charge is -2.24. The number of nitrogens with zero attached hydrogens (tertiary/aromatic N) is 4. The van der Waals surface area contributed by atoms with Gasteiger partial charge in [-0.15, -0.1) is 5.10 Å². The van der Waals surface area contributed by atoms with Crippen LogP contribution in [0, 0.1) is 0 Å². The van der Waals surface area contributed by atoms with E-state index >= 15 is 0 Å². The second kappa shape index (κ2) is 6.96. The Kier molecular flexibility index (Phi) is 4.75. The normalized spacial score (nSPS) is 19.6. The maximum absolute atomic E-state index is 12.6. The first-order valence-electron chi connectivity index (χ1n) is 8.07. The summed E-state index contributed by atoms with van der Waals surface area (Å²) in [4.78, 5) is 12.6. The van der Waals surface area contributed by atoms with E-state index in [1.165, 1.54) is 0 Å². The highest BCUT2D eigenvalue weighted by Crippen LogP contribution is 2.30. The molecule has 0 saturated heterocycles. The van der Waals surface area contributed by atoms with Gasteiger partial charge in [-0.25, -0.2) is 0 Å². The maximum Gasteiger partial charge on any atom is 0.269 e. The minimum Gasteiger partial charge on any atom is -0.369 e. The molecule has 128 valence electrons. The molecule has 0 aliphatic carbocycles. The van der Waals surface area contributed by atoms with Crippen LogP contribution in [0.2, 0.25) is 0 Å². The Morgan fingerprint density at radius 1 is 1.42 bits per heavy atom. The van der Waals surface area contributed by atoms with Gasteiger partial charge in [0.05, 0.1) is 17.9 Å². The highest BCUT2D eigenvalue weighted by atomic mass is 16.5. The SMILES string of the molecule is C[C@@H]1Cc2c(nn(C)c2C(=O)NCCNc2cccnn2)[C@H](C)O1. The summed E-state index contributed by atoms with van der Waals surface area (Å²) in [6.45, 7) is 5.03. The highest BCUT2D eigenvalue weighted by Gasteiger charge is 2.31. The van der Waals surface area contributed by atoms with Gasteiger partial charge in [-0.2, -0.15) is 10.2 Å². The van der Waals surface area contributed by atoms with Gasteiger partial charge in [-0.3, -0.25) is 9.48 Å². The van der Waals surface area contributed by atoms with Gasteiger partial charge in [0.1, 0.15) is 11.5 Å². The predicted octanol–water partition coefficient (Wildman–Crippen LogP) is 1.07. The first kappa shape index (κ1) is 16.4. The van der Waals surface area contributed by atoms with Gasteiger partial charge in [0.15, 0.2) is 0 Å². The van der Waals surface area contributed by atoms with Crippen LogP contribution in [0.25, 0.3) is 0 Å². The molecule has 1 amide bonds. The Morgan fingerprint density at radius 2 is 2.25 bits per heavy atom. The van der Waals surface area contributed by atoms with Gasteiger partial charge < -0.3 is 15.4 Å². The van der Waals surface area contributed by atoms with Crippen molar-refractivity contribution in [3.63, 3.8) is 0 Å². The zero-order valence-electron chi connectivity index (χ0n) is 14.1. The van der Waals surface area contributed by atoms with Crippen LogP contribution in [-0.4, -0.2) is 45.1 Å². The van der Waals surface area contributed by atoms with E-state index in [2.05, 4.69) is 25.9 Å². The Balaban J connectivity index is 1.61. The highest BCUT2D eigenvalue weighted by molar-refractivity contribution is 5.94.